The second-order valence-electron chi connectivity index (χ2n) is 6.41. The van der Waals surface area contributed by atoms with Crippen LogP contribution in [-0.4, -0.2) is 22.4 Å². The standard InChI is InChI=1S/C23H21N3O2/c1-2-28-18-10-6-9-17(14-18)25-22(15-7-4-3-5-8-15)21-19-13-16(24)11-12-20(19)26-23(21)27/h3-14,26-27H,2,24H2,1H3. The number of rotatable bonds is 5. The van der Waals surface area contributed by atoms with E-state index in [1.807, 2.05) is 73.7 Å². The van der Waals surface area contributed by atoms with Crippen molar-refractivity contribution in [2.24, 2.45) is 4.99 Å². The molecule has 0 fully saturated rings. The summed E-state index contributed by atoms with van der Waals surface area (Å²) in [6.45, 7) is 2.53. The molecule has 4 N–H and O–H groups in total. The van der Waals surface area contributed by atoms with Gasteiger partial charge in [0.2, 0.25) is 0 Å². The van der Waals surface area contributed by atoms with E-state index in [0.717, 1.165) is 27.9 Å². The lowest BCUT2D eigenvalue weighted by molar-refractivity contribution is 0.340. The molecule has 0 atom stereocenters. The molecule has 28 heavy (non-hydrogen) atoms. The Balaban J connectivity index is 1.95. The summed E-state index contributed by atoms with van der Waals surface area (Å²) in [7, 11) is 0. The average Bonchev–Trinajstić information content (AvgIpc) is 3.02. The van der Waals surface area contributed by atoms with Crippen LogP contribution >= 0.6 is 0 Å². The van der Waals surface area contributed by atoms with Crippen molar-refractivity contribution < 1.29 is 9.84 Å². The normalized spacial score (nSPS) is 11.7. The summed E-state index contributed by atoms with van der Waals surface area (Å²) in [5, 5.41) is 11.5. The molecule has 0 unspecified atom stereocenters. The molecule has 0 radical (unpaired) electrons. The maximum Gasteiger partial charge on any atom is 0.199 e. The zero-order valence-electron chi connectivity index (χ0n) is 15.5. The number of benzene rings is 3. The third kappa shape index (κ3) is 3.42. The van der Waals surface area contributed by atoms with Gasteiger partial charge in [0.25, 0.3) is 0 Å². The number of hydrogen-bond donors (Lipinski definition) is 3. The number of fused-ring (bicyclic) bond motifs is 1. The number of aromatic hydroxyl groups is 1. The summed E-state index contributed by atoms with van der Waals surface area (Å²) in [4.78, 5) is 7.89. The Labute approximate surface area is 163 Å². The van der Waals surface area contributed by atoms with Crippen LogP contribution in [0.1, 0.15) is 18.1 Å². The highest BCUT2D eigenvalue weighted by Crippen LogP contribution is 2.33. The third-order valence-electron chi connectivity index (χ3n) is 4.46. The van der Waals surface area contributed by atoms with Crippen molar-refractivity contribution in [1.29, 1.82) is 0 Å². The Kier molecular flexibility index (Phi) is 4.72. The number of aliphatic imine (C=N–C) groups is 1. The van der Waals surface area contributed by atoms with E-state index in [-0.39, 0.29) is 5.88 Å². The Morgan fingerprint density at radius 1 is 1.04 bits per heavy atom. The molecule has 140 valence electrons. The van der Waals surface area contributed by atoms with Crippen molar-refractivity contribution in [3.05, 3.63) is 83.9 Å². The van der Waals surface area contributed by atoms with Crippen LogP contribution in [0.4, 0.5) is 11.4 Å². The predicted molar refractivity (Wildman–Crippen MR) is 114 cm³/mol. The molecule has 4 aromatic rings. The molecule has 1 aromatic heterocycles. The quantitative estimate of drug-likeness (QED) is 0.340. The van der Waals surface area contributed by atoms with Crippen LogP contribution in [-0.2, 0) is 0 Å². The van der Waals surface area contributed by atoms with Gasteiger partial charge in [-0.05, 0) is 37.3 Å². The topological polar surface area (TPSA) is 83.6 Å². The number of nitrogens with one attached hydrogen (secondary N) is 1. The largest absolute Gasteiger partial charge is 0.494 e. The molecule has 4 rings (SSSR count). The van der Waals surface area contributed by atoms with Crippen LogP contribution in [0, 0.1) is 0 Å². The van der Waals surface area contributed by atoms with Crippen LogP contribution in [0.3, 0.4) is 0 Å². The van der Waals surface area contributed by atoms with E-state index in [1.165, 1.54) is 0 Å². The van der Waals surface area contributed by atoms with Crippen LogP contribution in [0.15, 0.2) is 77.8 Å². The lowest BCUT2D eigenvalue weighted by Gasteiger charge is -2.09. The fourth-order valence-corrected chi connectivity index (χ4v) is 3.23. The summed E-state index contributed by atoms with van der Waals surface area (Å²) >= 11 is 0. The van der Waals surface area contributed by atoms with E-state index in [0.29, 0.717) is 23.6 Å². The molecule has 0 spiro atoms. The number of anilines is 1. The molecule has 0 saturated heterocycles. The van der Waals surface area contributed by atoms with E-state index < -0.39 is 0 Å². The maximum atomic E-state index is 10.7. The summed E-state index contributed by atoms with van der Waals surface area (Å²) in [6, 6.07) is 22.9. The minimum absolute atomic E-state index is 0.0594. The zero-order valence-corrected chi connectivity index (χ0v) is 15.5. The first-order chi connectivity index (χ1) is 13.7. The van der Waals surface area contributed by atoms with E-state index in [2.05, 4.69) is 4.98 Å². The zero-order chi connectivity index (χ0) is 19.5. The van der Waals surface area contributed by atoms with Gasteiger partial charge < -0.3 is 20.6 Å². The Morgan fingerprint density at radius 2 is 1.86 bits per heavy atom. The molecule has 0 bridgehead atoms. The summed E-state index contributed by atoms with van der Waals surface area (Å²) < 4.78 is 5.59. The van der Waals surface area contributed by atoms with E-state index in [9.17, 15) is 5.11 Å². The average molecular weight is 371 g/mol. The van der Waals surface area contributed by atoms with Gasteiger partial charge in [0.15, 0.2) is 5.88 Å². The SMILES string of the molecule is CCOc1cccc(N=C(c2ccccc2)c2c(O)[nH]c3ccc(N)cc23)c1. The number of aromatic nitrogens is 1. The molecular formula is C23H21N3O2. The second-order valence-corrected chi connectivity index (χ2v) is 6.41. The van der Waals surface area contributed by atoms with Crippen molar-refractivity contribution >= 4 is 28.0 Å². The van der Waals surface area contributed by atoms with Crippen molar-refractivity contribution in [2.75, 3.05) is 12.3 Å². The summed E-state index contributed by atoms with van der Waals surface area (Å²) in [5.74, 6) is 0.813. The molecule has 0 aliphatic carbocycles. The van der Waals surface area contributed by atoms with E-state index >= 15 is 0 Å². The van der Waals surface area contributed by atoms with Gasteiger partial charge in [-0.3, -0.25) is 0 Å². The smallest absolute Gasteiger partial charge is 0.199 e. The summed E-state index contributed by atoms with van der Waals surface area (Å²) in [5.41, 5.74) is 10.3. The van der Waals surface area contributed by atoms with E-state index in [1.54, 1.807) is 6.07 Å². The van der Waals surface area contributed by atoms with Gasteiger partial charge in [0.05, 0.1) is 23.6 Å². The van der Waals surface area contributed by atoms with Crippen LogP contribution in [0.25, 0.3) is 10.9 Å². The fourth-order valence-electron chi connectivity index (χ4n) is 3.23. The number of nitrogens with zero attached hydrogens (tertiary/aromatic N) is 1. The predicted octanol–water partition coefficient (Wildman–Crippen LogP) is 5.02. The Bertz CT molecular complexity index is 1150. The van der Waals surface area contributed by atoms with E-state index in [4.69, 9.17) is 15.5 Å². The number of H-pyrrole nitrogens is 1. The van der Waals surface area contributed by atoms with Gasteiger partial charge in [-0.1, -0.05) is 36.4 Å². The highest BCUT2D eigenvalue weighted by Gasteiger charge is 2.18. The highest BCUT2D eigenvalue weighted by molar-refractivity contribution is 6.22. The molecule has 3 aromatic carbocycles. The number of nitrogens with two attached hydrogens (primary N) is 1. The van der Waals surface area contributed by atoms with Crippen molar-refractivity contribution in [1.82, 2.24) is 4.98 Å². The molecular weight excluding hydrogens is 350 g/mol. The fraction of sp³-hybridized carbons (Fsp3) is 0.0870. The van der Waals surface area contributed by atoms with Crippen molar-refractivity contribution in [3.8, 4) is 11.6 Å². The first-order valence-electron chi connectivity index (χ1n) is 9.13. The first-order valence-corrected chi connectivity index (χ1v) is 9.13. The monoisotopic (exact) mass is 371 g/mol. The van der Waals surface area contributed by atoms with Crippen LogP contribution < -0.4 is 10.5 Å². The summed E-state index contributed by atoms with van der Waals surface area (Å²) in [6.07, 6.45) is 0. The minimum atomic E-state index is 0.0594. The third-order valence-corrected chi connectivity index (χ3v) is 4.46. The van der Waals surface area contributed by atoms with Gasteiger partial charge in [-0.2, -0.15) is 0 Å². The Morgan fingerprint density at radius 3 is 2.64 bits per heavy atom. The number of ether oxygens (including phenoxy) is 1. The molecule has 0 saturated carbocycles. The molecule has 5 nitrogen and oxygen atoms in total. The van der Waals surface area contributed by atoms with Gasteiger partial charge in [-0.15, -0.1) is 0 Å². The lowest BCUT2D eigenvalue weighted by atomic mass is 10.0. The van der Waals surface area contributed by atoms with Gasteiger partial charge in [0, 0.05) is 28.2 Å². The first kappa shape index (κ1) is 17.7. The molecule has 5 heteroatoms. The number of aromatic amines is 1. The van der Waals surface area contributed by atoms with Gasteiger partial charge in [0.1, 0.15) is 5.75 Å². The molecule has 1 heterocycles. The lowest BCUT2D eigenvalue weighted by Crippen LogP contribution is -2.03. The second kappa shape index (κ2) is 7.48. The van der Waals surface area contributed by atoms with Crippen LogP contribution in [0.2, 0.25) is 0 Å². The number of nitrogen functional groups attached to an aromatic ring is 1. The Hall–Kier alpha value is -3.73. The number of hydrogen-bond acceptors (Lipinski definition) is 4. The molecule has 0 amide bonds. The van der Waals surface area contributed by atoms with Crippen molar-refractivity contribution in [3.63, 3.8) is 0 Å². The molecule has 0 aliphatic heterocycles. The minimum Gasteiger partial charge on any atom is -0.494 e. The highest BCUT2D eigenvalue weighted by atomic mass is 16.5. The molecule has 0 aliphatic rings. The van der Waals surface area contributed by atoms with Gasteiger partial charge in [-0.25, -0.2) is 4.99 Å². The maximum absolute atomic E-state index is 10.7. The van der Waals surface area contributed by atoms with Gasteiger partial charge >= 0.3 is 0 Å². The van der Waals surface area contributed by atoms with Crippen molar-refractivity contribution in [2.45, 2.75) is 6.92 Å². The van der Waals surface area contributed by atoms with Crippen LogP contribution in [0.5, 0.6) is 11.6 Å².